The van der Waals surface area contributed by atoms with Crippen LogP contribution in [0.15, 0.2) is 18.5 Å². The maximum Gasteiger partial charge on any atom is 0.237 e. The van der Waals surface area contributed by atoms with Crippen molar-refractivity contribution >= 4 is 5.91 Å². The van der Waals surface area contributed by atoms with Gasteiger partial charge >= 0.3 is 0 Å². The summed E-state index contributed by atoms with van der Waals surface area (Å²) < 4.78 is 1.88. The fourth-order valence-electron chi connectivity index (χ4n) is 3.19. The Kier molecular flexibility index (Phi) is 5.78. The molecule has 0 aromatic carbocycles. The number of amides is 1. The van der Waals surface area contributed by atoms with Gasteiger partial charge in [0.05, 0.1) is 18.7 Å². The summed E-state index contributed by atoms with van der Waals surface area (Å²) in [6.07, 6.45) is 8.43. The Morgan fingerprint density at radius 3 is 2.70 bits per heavy atom. The zero-order valence-electron chi connectivity index (χ0n) is 14.3. The SMILES string of the molecule is CC(NCC(=O)N(C)C1(C#N)CCCCC1)C(C)n1cccn1. The maximum absolute atomic E-state index is 12.5. The van der Waals surface area contributed by atoms with Gasteiger partial charge in [-0.15, -0.1) is 0 Å². The second kappa shape index (κ2) is 7.60. The lowest BCUT2D eigenvalue weighted by atomic mass is 9.81. The van der Waals surface area contributed by atoms with Gasteiger partial charge in [0.1, 0.15) is 5.54 Å². The molecule has 1 saturated carbocycles. The standard InChI is InChI=1S/C17H27N5O/c1-14(15(2)22-11-7-10-20-22)19-12-16(23)21(3)17(13-18)8-5-4-6-9-17/h7,10-11,14-15,19H,4-6,8-9,12H2,1-3H3. The van der Waals surface area contributed by atoms with Gasteiger partial charge < -0.3 is 10.2 Å². The van der Waals surface area contributed by atoms with Gasteiger partial charge in [0.2, 0.25) is 5.91 Å². The van der Waals surface area contributed by atoms with E-state index in [0.29, 0.717) is 0 Å². The third kappa shape index (κ3) is 3.91. The minimum atomic E-state index is -0.617. The number of likely N-dealkylation sites (N-methyl/N-ethyl adjacent to an activating group) is 1. The number of carbonyl (C=O) groups is 1. The summed E-state index contributed by atoms with van der Waals surface area (Å²) in [4.78, 5) is 14.2. The van der Waals surface area contributed by atoms with Crippen molar-refractivity contribution in [3.63, 3.8) is 0 Å². The van der Waals surface area contributed by atoms with Crippen LogP contribution in [0.4, 0.5) is 0 Å². The van der Waals surface area contributed by atoms with Gasteiger partial charge in [-0.25, -0.2) is 0 Å². The summed E-state index contributed by atoms with van der Waals surface area (Å²) in [7, 11) is 1.76. The van der Waals surface area contributed by atoms with E-state index in [1.807, 2.05) is 23.9 Å². The number of carbonyl (C=O) groups excluding carboxylic acids is 1. The maximum atomic E-state index is 12.5. The van der Waals surface area contributed by atoms with E-state index in [-0.39, 0.29) is 24.5 Å². The van der Waals surface area contributed by atoms with Crippen LogP contribution in [0.25, 0.3) is 0 Å². The zero-order chi connectivity index (χ0) is 16.9. The number of nitrogens with zero attached hydrogens (tertiary/aromatic N) is 4. The second-order valence-corrected chi connectivity index (χ2v) is 6.55. The molecule has 2 unspecified atom stereocenters. The zero-order valence-corrected chi connectivity index (χ0v) is 14.3. The Labute approximate surface area is 138 Å². The van der Waals surface area contributed by atoms with Crippen molar-refractivity contribution in [2.24, 2.45) is 0 Å². The van der Waals surface area contributed by atoms with Crippen LogP contribution in [0.2, 0.25) is 0 Å². The lowest BCUT2D eigenvalue weighted by Gasteiger charge is -2.39. The van der Waals surface area contributed by atoms with E-state index in [1.54, 1.807) is 18.1 Å². The number of hydrogen-bond donors (Lipinski definition) is 1. The predicted molar refractivity (Wildman–Crippen MR) is 88.6 cm³/mol. The highest BCUT2D eigenvalue weighted by molar-refractivity contribution is 5.79. The molecule has 2 rings (SSSR count). The molecular weight excluding hydrogens is 290 g/mol. The van der Waals surface area contributed by atoms with E-state index in [9.17, 15) is 10.1 Å². The van der Waals surface area contributed by atoms with Crippen LogP contribution < -0.4 is 5.32 Å². The van der Waals surface area contributed by atoms with E-state index in [2.05, 4.69) is 23.4 Å². The van der Waals surface area contributed by atoms with Gasteiger partial charge in [-0.2, -0.15) is 10.4 Å². The summed E-state index contributed by atoms with van der Waals surface area (Å²) in [5, 5.41) is 17.1. The van der Waals surface area contributed by atoms with Gasteiger partial charge in [0.15, 0.2) is 0 Å². The van der Waals surface area contributed by atoms with Gasteiger partial charge in [0, 0.05) is 25.5 Å². The lowest BCUT2D eigenvalue weighted by Crippen LogP contribution is -2.53. The Morgan fingerprint density at radius 2 is 2.13 bits per heavy atom. The van der Waals surface area contributed by atoms with Gasteiger partial charge in [-0.1, -0.05) is 19.3 Å². The molecule has 0 radical (unpaired) electrons. The molecule has 1 fully saturated rings. The average molecular weight is 317 g/mol. The highest BCUT2D eigenvalue weighted by Gasteiger charge is 2.38. The number of rotatable bonds is 6. The van der Waals surface area contributed by atoms with Crippen molar-refractivity contribution in [1.82, 2.24) is 20.0 Å². The van der Waals surface area contributed by atoms with E-state index in [4.69, 9.17) is 0 Å². The quantitative estimate of drug-likeness (QED) is 0.872. The molecule has 2 atom stereocenters. The Balaban J connectivity index is 1.89. The van der Waals surface area contributed by atoms with Crippen LogP contribution in [-0.4, -0.2) is 45.8 Å². The lowest BCUT2D eigenvalue weighted by molar-refractivity contribution is -0.134. The number of nitriles is 1. The van der Waals surface area contributed by atoms with Gasteiger partial charge in [-0.3, -0.25) is 9.48 Å². The third-order valence-electron chi connectivity index (χ3n) is 5.15. The summed E-state index contributed by atoms with van der Waals surface area (Å²) >= 11 is 0. The minimum Gasteiger partial charge on any atom is -0.326 e. The summed E-state index contributed by atoms with van der Waals surface area (Å²) in [6, 6.07) is 4.55. The molecule has 1 amide bonds. The van der Waals surface area contributed by atoms with E-state index in [1.165, 1.54) is 0 Å². The largest absolute Gasteiger partial charge is 0.326 e. The molecular formula is C17H27N5O. The molecule has 0 saturated heterocycles. The van der Waals surface area contributed by atoms with Gasteiger partial charge in [0.25, 0.3) is 0 Å². The molecule has 6 heteroatoms. The number of aromatic nitrogens is 2. The van der Waals surface area contributed by atoms with Crippen molar-refractivity contribution in [2.75, 3.05) is 13.6 Å². The van der Waals surface area contributed by atoms with Crippen LogP contribution in [-0.2, 0) is 4.79 Å². The van der Waals surface area contributed by atoms with Crippen molar-refractivity contribution in [1.29, 1.82) is 5.26 Å². The molecule has 23 heavy (non-hydrogen) atoms. The Bertz CT molecular complexity index is 542. The van der Waals surface area contributed by atoms with Crippen LogP contribution in [0.3, 0.4) is 0 Å². The van der Waals surface area contributed by atoms with Crippen molar-refractivity contribution in [3.05, 3.63) is 18.5 Å². The Morgan fingerprint density at radius 1 is 1.43 bits per heavy atom. The highest BCUT2D eigenvalue weighted by Crippen LogP contribution is 2.32. The van der Waals surface area contributed by atoms with Crippen molar-refractivity contribution < 1.29 is 4.79 Å². The highest BCUT2D eigenvalue weighted by atomic mass is 16.2. The molecule has 1 aliphatic rings. The summed E-state index contributed by atoms with van der Waals surface area (Å²) in [5.41, 5.74) is -0.617. The number of hydrogen-bond acceptors (Lipinski definition) is 4. The fourth-order valence-corrected chi connectivity index (χ4v) is 3.19. The normalized spacial score (nSPS) is 19.6. The molecule has 6 nitrogen and oxygen atoms in total. The molecule has 0 bridgehead atoms. The van der Waals surface area contributed by atoms with Crippen LogP contribution >= 0.6 is 0 Å². The van der Waals surface area contributed by atoms with E-state index in [0.717, 1.165) is 32.1 Å². The average Bonchev–Trinajstić information content (AvgIpc) is 3.13. The van der Waals surface area contributed by atoms with E-state index >= 15 is 0 Å². The monoisotopic (exact) mass is 317 g/mol. The first-order chi connectivity index (χ1) is 11.0. The predicted octanol–water partition coefficient (Wildman–Crippen LogP) is 2.11. The third-order valence-corrected chi connectivity index (χ3v) is 5.15. The second-order valence-electron chi connectivity index (χ2n) is 6.55. The van der Waals surface area contributed by atoms with Crippen molar-refractivity contribution in [3.8, 4) is 6.07 Å². The molecule has 1 heterocycles. The topological polar surface area (TPSA) is 74.0 Å². The molecule has 0 spiro atoms. The minimum absolute atomic E-state index is 0.0204. The fraction of sp³-hybridized carbons (Fsp3) is 0.706. The summed E-state index contributed by atoms with van der Waals surface area (Å²) in [6.45, 7) is 4.35. The first-order valence-corrected chi connectivity index (χ1v) is 8.40. The first-order valence-electron chi connectivity index (χ1n) is 8.40. The Hall–Kier alpha value is -1.87. The summed E-state index contributed by atoms with van der Waals surface area (Å²) in [5.74, 6) is -0.0204. The van der Waals surface area contributed by atoms with Crippen LogP contribution in [0.5, 0.6) is 0 Å². The van der Waals surface area contributed by atoms with Crippen molar-refractivity contribution in [2.45, 2.75) is 63.6 Å². The molecule has 126 valence electrons. The molecule has 0 aliphatic heterocycles. The smallest absolute Gasteiger partial charge is 0.237 e. The first kappa shape index (κ1) is 17.5. The molecule has 1 aromatic heterocycles. The number of nitrogens with one attached hydrogen (secondary N) is 1. The van der Waals surface area contributed by atoms with Crippen LogP contribution in [0, 0.1) is 11.3 Å². The molecule has 1 aromatic rings. The molecule has 1 N–H and O–H groups in total. The van der Waals surface area contributed by atoms with Crippen LogP contribution in [0.1, 0.15) is 52.0 Å². The molecule has 1 aliphatic carbocycles. The van der Waals surface area contributed by atoms with E-state index < -0.39 is 5.54 Å². The van der Waals surface area contributed by atoms with Gasteiger partial charge in [-0.05, 0) is 32.8 Å².